The number of amides is 2. The van der Waals surface area contributed by atoms with Crippen molar-refractivity contribution in [2.45, 2.75) is 58.7 Å². The first-order valence-electron chi connectivity index (χ1n) is 23.0. The van der Waals surface area contributed by atoms with Crippen molar-refractivity contribution in [2.75, 3.05) is 72.9 Å². The number of fused-ring (bicyclic) bond motifs is 5. The molecule has 3 fully saturated rings. The van der Waals surface area contributed by atoms with Crippen molar-refractivity contribution in [2.24, 2.45) is 0 Å². The van der Waals surface area contributed by atoms with Gasteiger partial charge in [0.25, 0.3) is 11.8 Å². The highest BCUT2D eigenvalue weighted by Crippen LogP contribution is 2.32. The molecule has 348 valence electrons. The molecule has 8 aromatic rings. The second-order valence-corrected chi connectivity index (χ2v) is 18.2. The van der Waals surface area contributed by atoms with Crippen LogP contribution in [0.3, 0.4) is 0 Å². The Morgan fingerprint density at radius 1 is 0.676 bits per heavy atom. The molecule has 68 heavy (non-hydrogen) atoms. The fourth-order valence-electron chi connectivity index (χ4n) is 9.94. The van der Waals surface area contributed by atoms with E-state index in [1.807, 2.05) is 26.0 Å². The number of rotatable bonds is 9. The predicted molar refractivity (Wildman–Crippen MR) is 255 cm³/mol. The second-order valence-electron chi connectivity index (χ2n) is 18.2. The van der Waals surface area contributed by atoms with Gasteiger partial charge in [0.2, 0.25) is 0 Å². The Balaban J connectivity index is 0.777. The summed E-state index contributed by atoms with van der Waals surface area (Å²) < 4.78 is 40.0. The molecule has 11 rings (SSSR count). The summed E-state index contributed by atoms with van der Waals surface area (Å²) in [5, 5.41) is 9.27. The first-order valence-corrected chi connectivity index (χ1v) is 23.0. The molecule has 9 heterocycles. The number of aryl methyl sites for hydroxylation is 4. The van der Waals surface area contributed by atoms with Crippen molar-refractivity contribution in [3.63, 3.8) is 0 Å². The van der Waals surface area contributed by atoms with Gasteiger partial charge in [-0.25, -0.2) is 28.7 Å². The molecular weight excluding hydrogens is 871 g/mol. The van der Waals surface area contributed by atoms with Gasteiger partial charge in [-0.15, -0.1) is 0 Å². The third-order valence-corrected chi connectivity index (χ3v) is 13.2. The molecule has 3 N–H and O–H groups in total. The minimum atomic E-state index is -0.616. The van der Waals surface area contributed by atoms with Crippen molar-refractivity contribution in [1.29, 1.82) is 0 Å². The smallest absolute Gasteiger partial charge is 0.257 e. The first kappa shape index (κ1) is 43.4. The fraction of sp³-hybridized carbons (Fsp3) is 0.347. The number of carbonyl (C=O) groups is 2. The van der Waals surface area contributed by atoms with Crippen LogP contribution in [0, 0.1) is 25.5 Å². The Labute approximate surface area is 389 Å². The highest BCUT2D eigenvalue weighted by atomic mass is 19.1. The number of ether oxygens (including phenoxy) is 1. The summed E-state index contributed by atoms with van der Waals surface area (Å²) in [6.45, 7) is 14.5. The molecule has 19 heteroatoms. The van der Waals surface area contributed by atoms with E-state index in [0.717, 1.165) is 62.9 Å². The maximum atomic E-state index is 15.6. The van der Waals surface area contributed by atoms with Crippen LogP contribution in [-0.2, 0) is 17.6 Å². The highest BCUT2D eigenvalue weighted by Gasteiger charge is 2.31. The van der Waals surface area contributed by atoms with Crippen LogP contribution >= 0.6 is 0 Å². The normalized spacial score (nSPS) is 19.0. The van der Waals surface area contributed by atoms with E-state index in [1.54, 1.807) is 49.3 Å². The number of morpholine rings is 1. The van der Waals surface area contributed by atoms with Crippen molar-refractivity contribution >= 4 is 67.9 Å². The number of halogens is 2. The molecule has 0 radical (unpaired) electrons. The van der Waals surface area contributed by atoms with Gasteiger partial charge in [0.15, 0.2) is 22.9 Å². The molecule has 17 nitrogen and oxygen atoms in total. The molecule has 3 aliphatic rings. The maximum Gasteiger partial charge on any atom is 0.257 e. The average molecular weight is 921 g/mol. The van der Waals surface area contributed by atoms with E-state index in [9.17, 15) is 9.59 Å². The number of nitrogens with zero attached hydrogens (tertiary/aromatic N) is 11. The molecule has 6 aromatic heterocycles. The number of aromatic nitrogens is 8. The summed E-state index contributed by atoms with van der Waals surface area (Å²) in [6.07, 6.45) is 10.5. The number of nitrogens with one attached hydrogen (secondary N) is 3. The lowest BCUT2D eigenvalue weighted by atomic mass is 10.1. The van der Waals surface area contributed by atoms with E-state index >= 15 is 8.78 Å². The largest absolute Gasteiger partial charge is 0.378 e. The van der Waals surface area contributed by atoms with E-state index in [2.05, 4.69) is 64.4 Å². The van der Waals surface area contributed by atoms with Gasteiger partial charge in [-0.05, 0) is 64.8 Å². The Hall–Kier alpha value is -7.22. The molecule has 0 saturated carbocycles. The summed E-state index contributed by atoms with van der Waals surface area (Å²) in [7, 11) is 0. The molecule has 0 spiro atoms. The Bertz CT molecular complexity index is 3290. The van der Waals surface area contributed by atoms with E-state index in [4.69, 9.17) is 14.7 Å². The van der Waals surface area contributed by atoms with Crippen LogP contribution in [0.1, 0.15) is 57.3 Å². The fourth-order valence-corrected chi connectivity index (χ4v) is 9.94. The van der Waals surface area contributed by atoms with Crippen LogP contribution < -0.4 is 25.8 Å². The van der Waals surface area contributed by atoms with Crippen molar-refractivity contribution in [3.05, 3.63) is 119 Å². The summed E-state index contributed by atoms with van der Waals surface area (Å²) in [5.74, 6) is -2.13. The number of pyridine rings is 2. The summed E-state index contributed by atoms with van der Waals surface area (Å²) in [5.41, 5.74) is 7.96. The summed E-state index contributed by atoms with van der Waals surface area (Å²) >= 11 is 0. The van der Waals surface area contributed by atoms with Crippen LogP contribution in [-0.4, -0.2) is 126 Å². The number of carbonyl (C=O) groups excluding carboxylic acids is 2. The molecule has 0 bridgehead atoms. The molecule has 3 atom stereocenters. The molecule has 3 aliphatic heterocycles. The van der Waals surface area contributed by atoms with Crippen LogP contribution in [0.15, 0.2) is 73.6 Å². The number of anilines is 4. The Kier molecular flexibility index (Phi) is 11.1. The van der Waals surface area contributed by atoms with Gasteiger partial charge in [-0.3, -0.25) is 24.5 Å². The lowest BCUT2D eigenvalue weighted by Gasteiger charge is -2.44. The second kappa shape index (κ2) is 17.5. The van der Waals surface area contributed by atoms with Gasteiger partial charge in [-0.1, -0.05) is 0 Å². The van der Waals surface area contributed by atoms with Crippen LogP contribution in [0.4, 0.5) is 31.5 Å². The van der Waals surface area contributed by atoms with Gasteiger partial charge in [0, 0.05) is 101 Å². The molecular formula is C49H50F2N14O3. The molecule has 2 aromatic carbocycles. The zero-order chi connectivity index (χ0) is 46.8. The third kappa shape index (κ3) is 8.19. The van der Waals surface area contributed by atoms with Crippen LogP contribution in [0.25, 0.3) is 33.4 Å². The molecule has 2 unspecified atom stereocenters. The number of benzene rings is 2. The lowest BCUT2D eigenvalue weighted by Crippen LogP contribution is -2.58. The van der Waals surface area contributed by atoms with E-state index < -0.39 is 23.4 Å². The molecule has 2 amide bonds. The quantitative estimate of drug-likeness (QED) is 0.160. The topological polar surface area (TPSA) is 175 Å². The third-order valence-electron chi connectivity index (χ3n) is 13.2. The summed E-state index contributed by atoms with van der Waals surface area (Å²) in [4.78, 5) is 62.6. The first-order chi connectivity index (χ1) is 32.9. The van der Waals surface area contributed by atoms with E-state index in [0.29, 0.717) is 69.7 Å². The molecule has 0 aliphatic carbocycles. The lowest BCUT2D eigenvalue weighted by molar-refractivity contribution is -0.0116. The van der Waals surface area contributed by atoms with Gasteiger partial charge in [0.1, 0.15) is 22.1 Å². The van der Waals surface area contributed by atoms with Crippen molar-refractivity contribution in [3.8, 4) is 0 Å². The summed E-state index contributed by atoms with van der Waals surface area (Å²) in [6, 6.07) is 10.6. The zero-order valence-corrected chi connectivity index (χ0v) is 38.1. The van der Waals surface area contributed by atoms with Gasteiger partial charge < -0.3 is 39.3 Å². The Morgan fingerprint density at radius 3 is 1.85 bits per heavy atom. The van der Waals surface area contributed by atoms with Crippen molar-refractivity contribution < 1.29 is 23.1 Å². The number of hydrogen-bond donors (Lipinski definition) is 3. The van der Waals surface area contributed by atoms with E-state index in [-0.39, 0.29) is 40.8 Å². The van der Waals surface area contributed by atoms with Crippen LogP contribution in [0.5, 0.6) is 0 Å². The number of hydrogen-bond acceptors (Lipinski definition) is 13. The van der Waals surface area contributed by atoms with Gasteiger partial charge in [0.05, 0.1) is 75.9 Å². The maximum absolute atomic E-state index is 15.6. The van der Waals surface area contributed by atoms with Crippen molar-refractivity contribution in [1.82, 2.24) is 48.9 Å². The Morgan fingerprint density at radius 2 is 1.24 bits per heavy atom. The predicted octanol–water partition coefficient (Wildman–Crippen LogP) is 5.76. The monoisotopic (exact) mass is 920 g/mol. The average Bonchev–Trinajstić information content (AvgIpc) is 3.94. The van der Waals surface area contributed by atoms with Gasteiger partial charge >= 0.3 is 0 Å². The SMILES string of the molecule is Cc1nc2c(C(=O)Nc3cc(F)c4nc(CCc5cn6cc(NC(=O)c7ccc(N8CCN9CCOC[C@H]9C8)c8nccnc78)cc(F)c6n5)cn4c3)ccc(N3CC(C)NC(C)C3)c2nc1C. The zero-order valence-electron chi connectivity index (χ0n) is 38.1. The standard InChI is InChI=1S/C49H50F2N14O3/c1-27-19-63(20-28(2)54-27)41-10-8-37(43-45(41)56-30(4)29(3)55-43)49(67)60-34-18-39(51)47-58-32(22-65(47)24-34)6-5-31-21-64-23-33(17-38(50)46(64)57-31)59-48(66)36-7-9-40(44-42(36)52-11-12-53-44)62-14-13-61-15-16-68-26-35(61)25-62/h7-12,17-18,21-24,27-28,35,54H,5-6,13-16,19-20,25-26H2,1-4H3,(H,59,66)(H,60,67)/t27?,28?,35-/m1/s1. The molecule has 3 saturated heterocycles. The van der Waals surface area contributed by atoms with Gasteiger partial charge in [-0.2, -0.15) is 0 Å². The van der Waals surface area contributed by atoms with Crippen LogP contribution in [0.2, 0.25) is 0 Å². The number of piperazine rings is 2. The highest BCUT2D eigenvalue weighted by molar-refractivity contribution is 6.14. The minimum Gasteiger partial charge on any atom is -0.378 e. The minimum absolute atomic E-state index is 0.0928. The van der Waals surface area contributed by atoms with E-state index in [1.165, 1.54) is 20.9 Å². The number of imidazole rings is 2.